The maximum absolute atomic E-state index is 12.7. The summed E-state index contributed by atoms with van der Waals surface area (Å²) >= 11 is 0. The topological polar surface area (TPSA) is 90.3 Å². The van der Waals surface area contributed by atoms with Gasteiger partial charge in [0, 0.05) is 11.9 Å². The minimum atomic E-state index is -4.42. The number of hydrogen-bond acceptors (Lipinski definition) is 5. The molecule has 2 N–H and O–H groups in total. The Labute approximate surface area is 169 Å². The fourth-order valence-corrected chi connectivity index (χ4v) is 2.91. The molecular formula is C21H16F3N3O3. The molecule has 30 heavy (non-hydrogen) atoms. The van der Waals surface area contributed by atoms with Gasteiger partial charge in [0.2, 0.25) is 0 Å². The van der Waals surface area contributed by atoms with Gasteiger partial charge in [-0.2, -0.15) is 18.4 Å². The molecule has 0 spiro atoms. The summed E-state index contributed by atoms with van der Waals surface area (Å²) in [5.41, 5.74) is 6.52. The van der Waals surface area contributed by atoms with Crippen LogP contribution in [0.5, 0.6) is 11.5 Å². The first kappa shape index (κ1) is 20.8. The Balaban J connectivity index is 1.93. The number of nitriles is 1. The third-order valence-corrected chi connectivity index (χ3v) is 4.39. The van der Waals surface area contributed by atoms with Crippen molar-refractivity contribution in [3.8, 4) is 23.3 Å². The summed E-state index contributed by atoms with van der Waals surface area (Å²) in [5.74, 6) is -0.0721. The number of hydrogen-bond donors (Lipinski definition) is 1. The van der Waals surface area contributed by atoms with Crippen molar-refractivity contribution in [3.05, 3.63) is 71.0 Å². The number of ether oxygens (including phenoxy) is 2. The van der Waals surface area contributed by atoms with Gasteiger partial charge in [-0.15, -0.1) is 0 Å². The maximum atomic E-state index is 12.7. The highest BCUT2D eigenvalue weighted by Gasteiger charge is 2.30. The molecule has 1 heterocycles. The van der Waals surface area contributed by atoms with Crippen LogP contribution in [-0.2, 0) is 10.9 Å². The van der Waals surface area contributed by atoms with Crippen LogP contribution in [0.3, 0.4) is 0 Å². The van der Waals surface area contributed by atoms with Gasteiger partial charge in [0.1, 0.15) is 17.6 Å². The van der Waals surface area contributed by atoms with E-state index >= 15 is 0 Å². The molecule has 0 radical (unpaired) electrons. The van der Waals surface area contributed by atoms with Crippen LogP contribution in [0.15, 0.2) is 48.7 Å². The molecule has 154 valence electrons. The number of methoxy groups -OCH3 is 1. The SMILES string of the molecule is COC(=O)c1c(N)c(C#N)cn1-c1ccc(Oc2ccc(C(F)(F)F)cc2)cc1C. The Kier molecular flexibility index (Phi) is 5.43. The summed E-state index contributed by atoms with van der Waals surface area (Å²) in [6.45, 7) is 1.75. The number of rotatable bonds is 4. The van der Waals surface area contributed by atoms with Crippen molar-refractivity contribution in [1.82, 2.24) is 4.57 Å². The quantitative estimate of drug-likeness (QED) is 0.616. The van der Waals surface area contributed by atoms with Crippen LogP contribution in [0, 0.1) is 18.3 Å². The van der Waals surface area contributed by atoms with Gasteiger partial charge in [-0.1, -0.05) is 0 Å². The molecule has 6 nitrogen and oxygen atoms in total. The predicted octanol–water partition coefficient (Wildman–Crippen LogP) is 4.84. The average Bonchev–Trinajstić information content (AvgIpc) is 3.03. The number of carbonyl (C=O) groups excluding carboxylic acids is 1. The molecule has 0 saturated heterocycles. The number of aromatic nitrogens is 1. The van der Waals surface area contributed by atoms with Gasteiger partial charge in [0.15, 0.2) is 5.69 Å². The first-order valence-electron chi connectivity index (χ1n) is 8.61. The van der Waals surface area contributed by atoms with Gasteiger partial charge in [0.25, 0.3) is 0 Å². The highest BCUT2D eigenvalue weighted by Crippen LogP contribution is 2.33. The van der Waals surface area contributed by atoms with Crippen LogP contribution in [0.25, 0.3) is 5.69 Å². The number of anilines is 1. The van der Waals surface area contributed by atoms with Crippen molar-refractivity contribution in [3.63, 3.8) is 0 Å². The molecule has 0 bridgehead atoms. The van der Waals surface area contributed by atoms with E-state index in [1.165, 1.54) is 30.0 Å². The van der Waals surface area contributed by atoms with Crippen LogP contribution in [-0.4, -0.2) is 17.6 Å². The number of benzene rings is 2. The smallest absolute Gasteiger partial charge is 0.416 e. The number of carbonyl (C=O) groups is 1. The molecule has 0 amide bonds. The van der Waals surface area contributed by atoms with Crippen molar-refractivity contribution < 1.29 is 27.4 Å². The largest absolute Gasteiger partial charge is 0.464 e. The minimum absolute atomic E-state index is 0.00818. The Hall–Kier alpha value is -3.93. The fraction of sp³-hybridized carbons (Fsp3) is 0.143. The molecule has 9 heteroatoms. The number of halogens is 3. The molecule has 3 rings (SSSR count). The predicted molar refractivity (Wildman–Crippen MR) is 102 cm³/mol. The summed E-state index contributed by atoms with van der Waals surface area (Å²) in [4.78, 5) is 12.1. The summed E-state index contributed by atoms with van der Waals surface area (Å²) in [6, 6.07) is 11.1. The standard InChI is InChI=1S/C21H16F3N3O3/c1-12-9-16(30-15-5-3-14(4-6-15)21(22,23)24)7-8-17(12)27-11-13(10-25)18(26)19(27)20(28)29-2/h3-9,11H,26H2,1-2H3. The van der Waals surface area contributed by atoms with E-state index < -0.39 is 17.7 Å². The van der Waals surface area contributed by atoms with Crippen molar-refractivity contribution in [2.45, 2.75) is 13.1 Å². The summed E-state index contributed by atoms with van der Waals surface area (Å²) in [7, 11) is 1.21. The minimum Gasteiger partial charge on any atom is -0.464 e. The lowest BCUT2D eigenvalue weighted by atomic mass is 10.1. The van der Waals surface area contributed by atoms with Gasteiger partial charge in [-0.05, 0) is 55.0 Å². The monoisotopic (exact) mass is 415 g/mol. The molecule has 0 atom stereocenters. The zero-order chi connectivity index (χ0) is 22.1. The summed E-state index contributed by atoms with van der Waals surface area (Å²) in [6.07, 6.45) is -2.99. The number of nitrogens with zero attached hydrogens (tertiary/aromatic N) is 2. The first-order valence-corrected chi connectivity index (χ1v) is 8.61. The van der Waals surface area contributed by atoms with Crippen molar-refractivity contribution >= 4 is 11.7 Å². The van der Waals surface area contributed by atoms with Crippen LogP contribution in [0.4, 0.5) is 18.9 Å². The van der Waals surface area contributed by atoms with Crippen LogP contribution in [0.2, 0.25) is 0 Å². The van der Waals surface area contributed by atoms with E-state index in [4.69, 9.17) is 15.2 Å². The Morgan fingerprint density at radius 3 is 2.30 bits per heavy atom. The van der Waals surface area contributed by atoms with Gasteiger partial charge in [-0.25, -0.2) is 4.79 Å². The molecule has 0 aliphatic rings. The summed E-state index contributed by atoms with van der Waals surface area (Å²) < 4.78 is 49.8. The Bertz CT molecular complexity index is 1140. The second-order valence-corrected chi connectivity index (χ2v) is 6.35. The third-order valence-electron chi connectivity index (χ3n) is 4.39. The highest BCUT2D eigenvalue weighted by atomic mass is 19.4. The van der Waals surface area contributed by atoms with E-state index in [2.05, 4.69) is 0 Å². The van der Waals surface area contributed by atoms with Crippen molar-refractivity contribution in [2.75, 3.05) is 12.8 Å². The second-order valence-electron chi connectivity index (χ2n) is 6.35. The van der Waals surface area contributed by atoms with Crippen LogP contribution < -0.4 is 10.5 Å². The normalized spacial score (nSPS) is 11.1. The first-order chi connectivity index (χ1) is 14.2. The van der Waals surface area contributed by atoms with E-state index in [-0.39, 0.29) is 22.7 Å². The van der Waals surface area contributed by atoms with E-state index in [0.29, 0.717) is 17.0 Å². The lowest BCUT2D eigenvalue weighted by Gasteiger charge is -2.14. The van der Waals surface area contributed by atoms with Crippen molar-refractivity contribution in [2.24, 2.45) is 0 Å². The number of nitrogens with two attached hydrogens (primary N) is 1. The van der Waals surface area contributed by atoms with Gasteiger partial charge >= 0.3 is 12.1 Å². The molecule has 1 aromatic heterocycles. The average molecular weight is 415 g/mol. The van der Waals surface area contributed by atoms with E-state index in [0.717, 1.165) is 12.1 Å². The zero-order valence-electron chi connectivity index (χ0n) is 15.9. The Morgan fingerprint density at radius 1 is 1.13 bits per heavy atom. The van der Waals surface area contributed by atoms with Gasteiger partial charge in [-0.3, -0.25) is 0 Å². The third kappa shape index (κ3) is 3.93. The highest BCUT2D eigenvalue weighted by molar-refractivity contribution is 5.96. The van der Waals surface area contributed by atoms with E-state index in [9.17, 15) is 23.2 Å². The lowest BCUT2D eigenvalue weighted by molar-refractivity contribution is -0.137. The van der Waals surface area contributed by atoms with Gasteiger partial charge < -0.3 is 19.8 Å². The van der Waals surface area contributed by atoms with Crippen molar-refractivity contribution in [1.29, 1.82) is 5.26 Å². The summed E-state index contributed by atoms with van der Waals surface area (Å²) in [5, 5.41) is 9.22. The zero-order valence-corrected chi connectivity index (χ0v) is 15.9. The lowest BCUT2D eigenvalue weighted by Crippen LogP contribution is -2.11. The molecule has 2 aromatic carbocycles. The van der Waals surface area contributed by atoms with Crippen LogP contribution in [0.1, 0.15) is 27.2 Å². The molecule has 0 saturated carbocycles. The molecular weight excluding hydrogens is 399 g/mol. The molecule has 0 aliphatic carbocycles. The number of alkyl halides is 3. The van der Waals surface area contributed by atoms with Crippen LogP contribution >= 0.6 is 0 Å². The number of aryl methyl sites for hydroxylation is 1. The second kappa shape index (κ2) is 7.83. The Morgan fingerprint density at radius 2 is 1.77 bits per heavy atom. The number of esters is 1. The fourth-order valence-electron chi connectivity index (χ4n) is 2.91. The molecule has 3 aromatic rings. The van der Waals surface area contributed by atoms with Gasteiger partial charge in [0.05, 0.1) is 23.9 Å². The number of nitrogen functional groups attached to an aromatic ring is 1. The molecule has 0 aliphatic heterocycles. The molecule has 0 unspecified atom stereocenters. The maximum Gasteiger partial charge on any atom is 0.416 e. The van der Waals surface area contributed by atoms with E-state index in [1.54, 1.807) is 25.1 Å². The molecule has 0 fully saturated rings. The van der Waals surface area contributed by atoms with E-state index in [1.807, 2.05) is 6.07 Å².